The number of hydrogen-bond acceptors (Lipinski definition) is 4. The van der Waals surface area contributed by atoms with E-state index in [1.807, 2.05) is 49.6 Å². The minimum atomic E-state index is -0.497. The minimum absolute atomic E-state index is 0.190. The van der Waals surface area contributed by atoms with Crippen LogP contribution in [0, 0.1) is 0 Å². The number of ether oxygens (including phenoxy) is 1. The molecule has 0 heterocycles. The summed E-state index contributed by atoms with van der Waals surface area (Å²) in [5.41, 5.74) is 1.43. The van der Waals surface area contributed by atoms with Gasteiger partial charge in [-0.25, -0.2) is 4.79 Å². The molecule has 2 rings (SSSR count). The van der Waals surface area contributed by atoms with Crippen LogP contribution >= 0.6 is 27.7 Å². The van der Waals surface area contributed by atoms with Crippen LogP contribution < -0.4 is 5.32 Å². The molecule has 0 saturated heterocycles. The molecule has 24 heavy (non-hydrogen) atoms. The van der Waals surface area contributed by atoms with E-state index in [4.69, 9.17) is 4.74 Å². The Bertz CT molecular complexity index is 736. The van der Waals surface area contributed by atoms with Crippen LogP contribution in [0.4, 0.5) is 0 Å². The molecule has 0 fully saturated rings. The summed E-state index contributed by atoms with van der Waals surface area (Å²) < 4.78 is 6.04. The molecule has 1 amide bonds. The monoisotopic (exact) mass is 407 g/mol. The van der Waals surface area contributed by atoms with Crippen molar-refractivity contribution in [1.82, 2.24) is 5.32 Å². The van der Waals surface area contributed by atoms with Crippen LogP contribution in [-0.4, -0.2) is 24.7 Å². The summed E-state index contributed by atoms with van der Waals surface area (Å²) in [5.74, 6) is -0.836. The summed E-state index contributed by atoms with van der Waals surface area (Å²) in [6.07, 6.45) is 1.89. The van der Waals surface area contributed by atoms with Gasteiger partial charge in [0.2, 0.25) is 0 Å². The first-order chi connectivity index (χ1) is 11.5. The fourth-order valence-electron chi connectivity index (χ4n) is 2.21. The molecule has 2 aromatic rings. The zero-order chi connectivity index (χ0) is 17.5. The third kappa shape index (κ3) is 4.85. The van der Waals surface area contributed by atoms with E-state index in [0.717, 1.165) is 14.9 Å². The highest BCUT2D eigenvalue weighted by atomic mass is 79.9. The van der Waals surface area contributed by atoms with Crippen molar-refractivity contribution in [3.05, 3.63) is 64.1 Å². The van der Waals surface area contributed by atoms with Crippen LogP contribution in [0.1, 0.15) is 28.9 Å². The van der Waals surface area contributed by atoms with Gasteiger partial charge in [-0.05, 0) is 36.9 Å². The molecule has 1 N–H and O–H groups in total. The lowest BCUT2D eigenvalue weighted by Crippen LogP contribution is -2.31. The highest BCUT2D eigenvalue weighted by Gasteiger charge is 2.16. The van der Waals surface area contributed by atoms with E-state index < -0.39 is 5.97 Å². The first kappa shape index (κ1) is 18.5. The van der Waals surface area contributed by atoms with Crippen LogP contribution in [0.3, 0.4) is 0 Å². The zero-order valence-electron chi connectivity index (χ0n) is 13.4. The second-order valence-electron chi connectivity index (χ2n) is 5.09. The lowest BCUT2D eigenvalue weighted by Gasteiger charge is -2.16. The van der Waals surface area contributed by atoms with Crippen molar-refractivity contribution in [2.75, 3.05) is 12.9 Å². The maximum absolute atomic E-state index is 12.1. The molecule has 0 aromatic heterocycles. The van der Waals surface area contributed by atoms with E-state index >= 15 is 0 Å². The zero-order valence-corrected chi connectivity index (χ0v) is 15.8. The molecule has 0 aliphatic carbocycles. The van der Waals surface area contributed by atoms with E-state index in [1.165, 1.54) is 11.8 Å². The van der Waals surface area contributed by atoms with E-state index in [-0.39, 0.29) is 18.6 Å². The standard InChI is InChI=1S/C18H18BrNO3S/c1-12(13-7-3-5-9-15(13)19)20-17(21)11-23-18(22)14-8-4-6-10-16(14)24-2/h3-10,12H,11H2,1-2H3,(H,20,21)/t12-/m0/s1. The number of halogens is 1. The van der Waals surface area contributed by atoms with Gasteiger partial charge in [-0.15, -0.1) is 11.8 Å². The van der Waals surface area contributed by atoms with E-state index in [0.29, 0.717) is 5.56 Å². The molecule has 1 atom stereocenters. The highest BCUT2D eigenvalue weighted by Crippen LogP contribution is 2.23. The van der Waals surface area contributed by atoms with Crippen molar-refractivity contribution < 1.29 is 14.3 Å². The van der Waals surface area contributed by atoms with Crippen molar-refractivity contribution in [1.29, 1.82) is 0 Å². The van der Waals surface area contributed by atoms with Crippen LogP contribution in [0.2, 0.25) is 0 Å². The van der Waals surface area contributed by atoms with E-state index in [2.05, 4.69) is 21.2 Å². The maximum Gasteiger partial charge on any atom is 0.339 e. The molecule has 2 aromatic carbocycles. The molecule has 6 heteroatoms. The van der Waals surface area contributed by atoms with Crippen molar-refractivity contribution in [2.45, 2.75) is 17.9 Å². The number of hydrogen-bond donors (Lipinski definition) is 1. The predicted octanol–water partition coefficient (Wildman–Crippen LogP) is 4.21. The summed E-state index contributed by atoms with van der Waals surface area (Å²) in [5, 5.41) is 2.82. The summed E-state index contributed by atoms with van der Waals surface area (Å²) in [7, 11) is 0. The molecular weight excluding hydrogens is 390 g/mol. The Morgan fingerprint density at radius 2 is 1.83 bits per heavy atom. The molecule has 126 valence electrons. The van der Waals surface area contributed by atoms with E-state index in [1.54, 1.807) is 12.1 Å². The van der Waals surface area contributed by atoms with Gasteiger partial charge in [0.05, 0.1) is 11.6 Å². The largest absolute Gasteiger partial charge is 0.452 e. The fraction of sp³-hybridized carbons (Fsp3) is 0.222. The normalized spacial score (nSPS) is 11.6. The number of thioether (sulfide) groups is 1. The van der Waals surface area contributed by atoms with Gasteiger partial charge in [-0.2, -0.15) is 0 Å². The molecule has 0 bridgehead atoms. The summed E-state index contributed by atoms with van der Waals surface area (Å²) in [6.45, 7) is 1.57. The number of rotatable bonds is 6. The third-order valence-corrected chi connectivity index (χ3v) is 4.93. The Morgan fingerprint density at radius 1 is 1.17 bits per heavy atom. The number of carbonyl (C=O) groups is 2. The molecule has 4 nitrogen and oxygen atoms in total. The lowest BCUT2D eigenvalue weighted by atomic mass is 10.1. The summed E-state index contributed by atoms with van der Waals surface area (Å²) in [6, 6.07) is 14.6. The quantitative estimate of drug-likeness (QED) is 0.575. The Morgan fingerprint density at radius 3 is 2.54 bits per heavy atom. The van der Waals surface area contributed by atoms with Gasteiger partial charge in [0.1, 0.15) is 0 Å². The van der Waals surface area contributed by atoms with Gasteiger partial charge >= 0.3 is 5.97 Å². The Kier molecular flexibility index (Phi) is 6.87. The van der Waals surface area contributed by atoms with Gasteiger partial charge in [-0.3, -0.25) is 4.79 Å². The Hall–Kier alpha value is -1.79. The SMILES string of the molecule is CSc1ccccc1C(=O)OCC(=O)N[C@@H](C)c1ccccc1Br. The fourth-order valence-corrected chi connectivity index (χ4v) is 3.42. The number of nitrogens with one attached hydrogen (secondary N) is 1. The molecular formula is C18H18BrNO3S. The number of benzene rings is 2. The van der Waals surface area contributed by atoms with E-state index in [9.17, 15) is 9.59 Å². The molecule has 0 aliphatic heterocycles. The molecule has 0 spiro atoms. The average Bonchev–Trinajstić information content (AvgIpc) is 2.59. The highest BCUT2D eigenvalue weighted by molar-refractivity contribution is 9.10. The number of amides is 1. The molecule has 0 radical (unpaired) electrons. The molecule has 0 unspecified atom stereocenters. The van der Waals surface area contributed by atoms with Gasteiger partial charge in [-0.1, -0.05) is 46.3 Å². The van der Waals surface area contributed by atoms with Crippen molar-refractivity contribution in [3.63, 3.8) is 0 Å². The van der Waals surface area contributed by atoms with Gasteiger partial charge in [0, 0.05) is 9.37 Å². The van der Waals surface area contributed by atoms with Crippen molar-refractivity contribution in [2.24, 2.45) is 0 Å². The predicted molar refractivity (Wildman–Crippen MR) is 99.2 cm³/mol. The lowest BCUT2D eigenvalue weighted by molar-refractivity contribution is -0.124. The van der Waals surface area contributed by atoms with Gasteiger partial charge in [0.25, 0.3) is 5.91 Å². The van der Waals surface area contributed by atoms with Crippen LogP contribution in [0.25, 0.3) is 0 Å². The maximum atomic E-state index is 12.1. The minimum Gasteiger partial charge on any atom is -0.452 e. The Balaban J connectivity index is 1.91. The van der Waals surface area contributed by atoms with Crippen molar-refractivity contribution in [3.8, 4) is 0 Å². The topological polar surface area (TPSA) is 55.4 Å². The first-order valence-corrected chi connectivity index (χ1v) is 9.38. The van der Waals surface area contributed by atoms with Gasteiger partial charge < -0.3 is 10.1 Å². The average molecular weight is 408 g/mol. The van der Waals surface area contributed by atoms with Crippen LogP contribution in [-0.2, 0) is 9.53 Å². The number of carbonyl (C=O) groups excluding carboxylic acids is 2. The van der Waals surface area contributed by atoms with Gasteiger partial charge in [0.15, 0.2) is 6.61 Å². The van der Waals surface area contributed by atoms with Crippen LogP contribution in [0.15, 0.2) is 57.9 Å². The summed E-state index contributed by atoms with van der Waals surface area (Å²) >= 11 is 4.92. The molecule has 0 aliphatic rings. The first-order valence-electron chi connectivity index (χ1n) is 7.37. The third-order valence-electron chi connectivity index (χ3n) is 3.41. The molecule has 0 saturated carbocycles. The summed E-state index contributed by atoms with van der Waals surface area (Å²) in [4.78, 5) is 25.0. The second kappa shape index (κ2) is 8.89. The smallest absolute Gasteiger partial charge is 0.339 e. The number of esters is 1. The second-order valence-corrected chi connectivity index (χ2v) is 6.79. The van der Waals surface area contributed by atoms with Crippen LogP contribution in [0.5, 0.6) is 0 Å². The Labute approximate surface area is 154 Å². The van der Waals surface area contributed by atoms with Crippen molar-refractivity contribution >= 4 is 39.6 Å².